The van der Waals surface area contributed by atoms with Gasteiger partial charge in [0.05, 0.1) is 0 Å². The molecule has 0 aliphatic carbocycles. The van der Waals surface area contributed by atoms with Crippen LogP contribution >= 0.6 is 11.3 Å². The average Bonchev–Trinajstić information content (AvgIpc) is 2.90. The molecule has 2 nitrogen and oxygen atoms in total. The van der Waals surface area contributed by atoms with Gasteiger partial charge in [-0.05, 0) is 30.2 Å². The molecular weight excluding hydrogens is 228 g/mol. The van der Waals surface area contributed by atoms with Crippen molar-refractivity contribution in [2.24, 2.45) is 11.8 Å². The zero-order valence-corrected chi connectivity index (χ0v) is 12.0. The van der Waals surface area contributed by atoms with E-state index >= 15 is 0 Å². The molecule has 3 heteroatoms. The molecular formula is C14H24N2S. The summed E-state index contributed by atoms with van der Waals surface area (Å²) < 4.78 is 0. The van der Waals surface area contributed by atoms with E-state index in [9.17, 15) is 0 Å². The molecule has 1 aromatic rings. The van der Waals surface area contributed by atoms with E-state index in [1.807, 2.05) is 11.3 Å². The summed E-state index contributed by atoms with van der Waals surface area (Å²) in [5, 5.41) is 5.71. The fourth-order valence-electron chi connectivity index (χ4n) is 2.48. The van der Waals surface area contributed by atoms with Crippen molar-refractivity contribution >= 4 is 11.3 Å². The predicted molar refractivity (Wildman–Crippen MR) is 75.4 cm³/mol. The maximum Gasteiger partial charge on any atom is 0.0300 e. The number of likely N-dealkylation sites (tertiary alicyclic amines) is 1. The summed E-state index contributed by atoms with van der Waals surface area (Å²) in [4.78, 5) is 4.05. The summed E-state index contributed by atoms with van der Waals surface area (Å²) in [6, 6.07) is 4.97. The smallest absolute Gasteiger partial charge is 0.0300 e. The fraction of sp³-hybridized carbons (Fsp3) is 0.714. The third-order valence-corrected chi connectivity index (χ3v) is 4.84. The lowest BCUT2D eigenvalue weighted by Gasteiger charge is -2.24. The molecule has 1 aromatic heterocycles. The van der Waals surface area contributed by atoms with Crippen LogP contribution < -0.4 is 5.32 Å². The number of nitrogens with zero attached hydrogens (tertiary/aromatic N) is 1. The second-order valence-electron chi connectivity index (χ2n) is 5.47. The molecule has 0 radical (unpaired) electrons. The Morgan fingerprint density at radius 2 is 2.12 bits per heavy atom. The highest BCUT2D eigenvalue weighted by Crippen LogP contribution is 2.23. The highest BCUT2D eigenvalue weighted by molar-refractivity contribution is 7.09. The van der Waals surface area contributed by atoms with Gasteiger partial charge in [0, 0.05) is 37.1 Å². The molecule has 0 aromatic carbocycles. The standard InChI is InChI=1S/C14H24N2S/c1-11-9-16(10-12(11)2)13(3)7-15-8-14-5-4-6-17-14/h4-6,11-13,15H,7-10H2,1-3H3. The van der Waals surface area contributed by atoms with E-state index in [0.717, 1.165) is 24.9 Å². The fourth-order valence-corrected chi connectivity index (χ4v) is 3.16. The SMILES string of the molecule is CC1CN(C(C)CNCc2cccs2)CC1C. The third kappa shape index (κ3) is 3.54. The third-order valence-electron chi connectivity index (χ3n) is 3.96. The molecule has 3 unspecified atom stereocenters. The minimum atomic E-state index is 0.655. The maximum atomic E-state index is 3.56. The van der Waals surface area contributed by atoms with Crippen LogP contribution in [-0.2, 0) is 6.54 Å². The molecule has 0 bridgehead atoms. The molecule has 1 aliphatic rings. The highest BCUT2D eigenvalue weighted by atomic mass is 32.1. The zero-order chi connectivity index (χ0) is 12.3. The molecule has 3 atom stereocenters. The van der Waals surface area contributed by atoms with E-state index in [0.29, 0.717) is 6.04 Å². The van der Waals surface area contributed by atoms with E-state index in [1.54, 1.807) is 0 Å². The van der Waals surface area contributed by atoms with Gasteiger partial charge in [-0.3, -0.25) is 4.90 Å². The minimum Gasteiger partial charge on any atom is -0.310 e. The number of rotatable bonds is 5. The summed E-state index contributed by atoms with van der Waals surface area (Å²) in [5.41, 5.74) is 0. The van der Waals surface area contributed by atoms with E-state index < -0.39 is 0 Å². The van der Waals surface area contributed by atoms with Gasteiger partial charge in [-0.25, -0.2) is 0 Å². The topological polar surface area (TPSA) is 15.3 Å². The summed E-state index contributed by atoms with van der Waals surface area (Å²) >= 11 is 1.83. The van der Waals surface area contributed by atoms with Crippen molar-refractivity contribution in [1.82, 2.24) is 10.2 Å². The Kier molecular flexibility index (Phi) is 4.60. The van der Waals surface area contributed by atoms with Crippen LogP contribution in [0.3, 0.4) is 0 Å². The van der Waals surface area contributed by atoms with Crippen LogP contribution in [0.25, 0.3) is 0 Å². The molecule has 0 spiro atoms. The first-order valence-electron chi connectivity index (χ1n) is 6.64. The summed E-state index contributed by atoms with van der Waals surface area (Å²) in [7, 11) is 0. The van der Waals surface area contributed by atoms with Crippen LogP contribution in [0.2, 0.25) is 0 Å². The molecule has 17 heavy (non-hydrogen) atoms. The predicted octanol–water partition coefficient (Wildman–Crippen LogP) is 2.81. The second-order valence-corrected chi connectivity index (χ2v) is 6.50. The van der Waals surface area contributed by atoms with Gasteiger partial charge in [0.1, 0.15) is 0 Å². The van der Waals surface area contributed by atoms with Crippen molar-refractivity contribution in [3.05, 3.63) is 22.4 Å². The first kappa shape index (κ1) is 13.1. The van der Waals surface area contributed by atoms with E-state index in [2.05, 4.69) is 48.5 Å². The molecule has 0 amide bonds. The molecule has 1 saturated heterocycles. The van der Waals surface area contributed by atoms with Crippen LogP contribution in [0.15, 0.2) is 17.5 Å². The number of nitrogens with one attached hydrogen (secondary N) is 1. The first-order chi connectivity index (χ1) is 8.16. The summed E-state index contributed by atoms with van der Waals surface area (Å²) in [5.74, 6) is 1.71. The van der Waals surface area contributed by atoms with Crippen molar-refractivity contribution in [1.29, 1.82) is 0 Å². The van der Waals surface area contributed by atoms with Gasteiger partial charge in [-0.1, -0.05) is 19.9 Å². The molecule has 0 saturated carbocycles. The second kappa shape index (κ2) is 5.98. The molecule has 2 rings (SSSR count). The molecule has 1 N–H and O–H groups in total. The van der Waals surface area contributed by atoms with Crippen molar-refractivity contribution in [2.45, 2.75) is 33.4 Å². The lowest BCUT2D eigenvalue weighted by Crippen LogP contribution is -2.38. The van der Waals surface area contributed by atoms with Gasteiger partial charge < -0.3 is 5.32 Å². The van der Waals surface area contributed by atoms with Crippen LogP contribution in [-0.4, -0.2) is 30.6 Å². The monoisotopic (exact) mass is 252 g/mol. The summed E-state index contributed by atoms with van der Waals surface area (Å²) in [6.45, 7) is 11.7. The molecule has 96 valence electrons. The first-order valence-corrected chi connectivity index (χ1v) is 7.52. The number of hydrogen-bond acceptors (Lipinski definition) is 3. The van der Waals surface area contributed by atoms with Crippen LogP contribution in [0.4, 0.5) is 0 Å². The maximum absolute atomic E-state index is 3.56. The Bertz CT molecular complexity index is 313. The number of hydrogen-bond donors (Lipinski definition) is 1. The summed E-state index contributed by atoms with van der Waals surface area (Å²) in [6.07, 6.45) is 0. The number of thiophene rings is 1. The van der Waals surface area contributed by atoms with Crippen molar-refractivity contribution in [2.75, 3.05) is 19.6 Å². The van der Waals surface area contributed by atoms with Crippen LogP contribution in [0.1, 0.15) is 25.6 Å². The van der Waals surface area contributed by atoms with Crippen LogP contribution in [0.5, 0.6) is 0 Å². The quantitative estimate of drug-likeness (QED) is 0.867. The lowest BCUT2D eigenvalue weighted by molar-refractivity contribution is 0.241. The van der Waals surface area contributed by atoms with Gasteiger partial charge in [0.15, 0.2) is 0 Å². The normalized spacial score (nSPS) is 27.5. The van der Waals surface area contributed by atoms with E-state index in [1.165, 1.54) is 18.0 Å². The average molecular weight is 252 g/mol. The lowest BCUT2D eigenvalue weighted by atomic mass is 10.0. The van der Waals surface area contributed by atoms with Gasteiger partial charge >= 0.3 is 0 Å². The largest absolute Gasteiger partial charge is 0.310 e. The van der Waals surface area contributed by atoms with Gasteiger partial charge in [0.2, 0.25) is 0 Å². The van der Waals surface area contributed by atoms with Gasteiger partial charge in [-0.15, -0.1) is 11.3 Å². The Labute approximate surface area is 109 Å². The Hall–Kier alpha value is -0.380. The van der Waals surface area contributed by atoms with Gasteiger partial charge in [0.25, 0.3) is 0 Å². The molecule has 2 heterocycles. The van der Waals surface area contributed by atoms with E-state index in [-0.39, 0.29) is 0 Å². The van der Waals surface area contributed by atoms with Gasteiger partial charge in [-0.2, -0.15) is 0 Å². The van der Waals surface area contributed by atoms with Crippen molar-refractivity contribution in [3.8, 4) is 0 Å². The molecule has 1 aliphatic heterocycles. The highest BCUT2D eigenvalue weighted by Gasteiger charge is 2.28. The Balaban J connectivity index is 1.69. The molecule has 1 fully saturated rings. The Morgan fingerprint density at radius 1 is 1.41 bits per heavy atom. The minimum absolute atomic E-state index is 0.655. The van der Waals surface area contributed by atoms with Crippen LogP contribution in [0, 0.1) is 11.8 Å². The Morgan fingerprint density at radius 3 is 2.71 bits per heavy atom. The van der Waals surface area contributed by atoms with Crippen molar-refractivity contribution in [3.63, 3.8) is 0 Å². The van der Waals surface area contributed by atoms with Crippen molar-refractivity contribution < 1.29 is 0 Å². The van der Waals surface area contributed by atoms with E-state index in [4.69, 9.17) is 0 Å². The zero-order valence-electron chi connectivity index (χ0n) is 11.1.